The monoisotopic (exact) mass is 379 g/mol. The lowest BCUT2D eigenvalue weighted by Crippen LogP contribution is -2.41. The van der Waals surface area contributed by atoms with Crippen molar-refractivity contribution in [3.05, 3.63) is 36.2 Å². The summed E-state index contributed by atoms with van der Waals surface area (Å²) < 4.78 is 41.2. The van der Waals surface area contributed by atoms with Gasteiger partial charge in [0.15, 0.2) is 11.5 Å². The third-order valence-electron chi connectivity index (χ3n) is 4.81. The lowest BCUT2D eigenvalue weighted by Gasteiger charge is -2.37. The van der Waals surface area contributed by atoms with Gasteiger partial charge in [-0.2, -0.15) is 5.10 Å². The third kappa shape index (κ3) is 3.29. The van der Waals surface area contributed by atoms with E-state index >= 15 is 0 Å². The third-order valence-corrected chi connectivity index (χ3v) is 6.25. The molecule has 0 spiro atoms. The number of ether oxygens (including phenoxy) is 2. The lowest BCUT2D eigenvalue weighted by atomic mass is 9.76. The van der Waals surface area contributed by atoms with Crippen molar-refractivity contribution in [2.24, 2.45) is 13.0 Å². The molecule has 1 atom stereocenters. The number of aliphatic hydroxyl groups excluding tert-OH is 1. The number of hydrogen-bond donors (Lipinski definition) is 2. The Bertz CT molecular complexity index is 905. The summed E-state index contributed by atoms with van der Waals surface area (Å²) in [6, 6.07) is 4.15. The maximum Gasteiger partial charge on any atom is 0.241 e. The molecule has 1 aromatic carbocycles. The highest BCUT2D eigenvalue weighted by atomic mass is 32.2. The number of rotatable bonds is 5. The minimum atomic E-state index is -3.77. The molecule has 1 saturated carbocycles. The van der Waals surface area contributed by atoms with E-state index in [-0.39, 0.29) is 16.9 Å². The summed E-state index contributed by atoms with van der Waals surface area (Å²) in [4.78, 5) is 0.121. The SMILES string of the molecule is Cn1cc([C@@H](NS(=O)(=O)c2ccc3c(c2)OCCO3)C2CC(O)C2)cn1. The van der Waals surface area contributed by atoms with Crippen LogP contribution in [0.2, 0.25) is 0 Å². The molecule has 26 heavy (non-hydrogen) atoms. The minimum absolute atomic E-state index is 0.0289. The molecule has 2 aromatic rings. The molecule has 4 rings (SSSR count). The van der Waals surface area contributed by atoms with Crippen LogP contribution in [0.5, 0.6) is 11.5 Å². The van der Waals surface area contributed by atoms with E-state index in [2.05, 4.69) is 9.82 Å². The molecule has 0 bridgehead atoms. The summed E-state index contributed by atoms with van der Waals surface area (Å²) in [7, 11) is -1.99. The number of sulfonamides is 1. The van der Waals surface area contributed by atoms with Crippen molar-refractivity contribution in [3.8, 4) is 11.5 Å². The maximum atomic E-state index is 12.9. The van der Waals surface area contributed by atoms with Crippen LogP contribution in [-0.2, 0) is 17.1 Å². The van der Waals surface area contributed by atoms with Crippen molar-refractivity contribution in [2.45, 2.75) is 29.9 Å². The van der Waals surface area contributed by atoms with Crippen molar-refractivity contribution in [1.82, 2.24) is 14.5 Å². The van der Waals surface area contributed by atoms with E-state index < -0.39 is 16.1 Å². The first-order valence-electron chi connectivity index (χ1n) is 8.51. The molecule has 8 nitrogen and oxygen atoms in total. The van der Waals surface area contributed by atoms with E-state index in [1.54, 1.807) is 30.2 Å². The van der Waals surface area contributed by atoms with Crippen LogP contribution in [0.3, 0.4) is 0 Å². The standard InChI is InChI=1S/C17H21N3O5S/c1-20-10-12(9-18-20)17(11-6-13(21)7-11)19-26(22,23)14-2-3-15-16(8-14)25-5-4-24-15/h2-3,8-11,13,17,19,21H,4-7H2,1H3/t11?,13?,17-/m0/s1. The van der Waals surface area contributed by atoms with Crippen LogP contribution in [0.1, 0.15) is 24.4 Å². The Morgan fingerprint density at radius 2 is 2.00 bits per heavy atom. The van der Waals surface area contributed by atoms with Crippen LogP contribution in [0.25, 0.3) is 0 Å². The average Bonchev–Trinajstić information content (AvgIpc) is 3.03. The number of hydrogen-bond acceptors (Lipinski definition) is 6. The van der Waals surface area contributed by atoms with Gasteiger partial charge < -0.3 is 14.6 Å². The Labute approximate surface area is 151 Å². The van der Waals surface area contributed by atoms with Crippen LogP contribution in [0.15, 0.2) is 35.5 Å². The first-order valence-corrected chi connectivity index (χ1v) is 9.99. The van der Waals surface area contributed by atoms with Crippen molar-refractivity contribution < 1.29 is 23.0 Å². The number of benzene rings is 1. The zero-order valence-corrected chi connectivity index (χ0v) is 15.1. The highest BCUT2D eigenvalue weighted by molar-refractivity contribution is 7.89. The maximum absolute atomic E-state index is 12.9. The second-order valence-corrected chi connectivity index (χ2v) is 8.45. The van der Waals surface area contributed by atoms with Crippen LogP contribution >= 0.6 is 0 Å². The molecule has 1 aliphatic heterocycles. The van der Waals surface area contributed by atoms with E-state index in [1.807, 2.05) is 0 Å². The normalized spacial score (nSPS) is 23.3. The van der Waals surface area contributed by atoms with E-state index in [1.165, 1.54) is 12.1 Å². The van der Waals surface area contributed by atoms with Crippen LogP contribution in [0, 0.1) is 5.92 Å². The van der Waals surface area contributed by atoms with Crippen molar-refractivity contribution >= 4 is 10.0 Å². The van der Waals surface area contributed by atoms with Gasteiger partial charge in [0.2, 0.25) is 10.0 Å². The van der Waals surface area contributed by atoms with Gasteiger partial charge in [-0.1, -0.05) is 0 Å². The zero-order valence-electron chi connectivity index (χ0n) is 14.3. The largest absolute Gasteiger partial charge is 0.486 e. The van der Waals surface area contributed by atoms with Crippen molar-refractivity contribution in [1.29, 1.82) is 0 Å². The van der Waals surface area contributed by atoms with E-state index in [4.69, 9.17) is 9.47 Å². The highest BCUT2D eigenvalue weighted by Crippen LogP contribution is 2.39. The molecule has 2 N–H and O–H groups in total. The van der Waals surface area contributed by atoms with Gasteiger partial charge >= 0.3 is 0 Å². The molecule has 9 heteroatoms. The fraction of sp³-hybridized carbons (Fsp3) is 0.471. The Hall–Kier alpha value is -2.10. The van der Waals surface area contributed by atoms with Crippen LogP contribution < -0.4 is 14.2 Å². The topological polar surface area (TPSA) is 103 Å². The minimum Gasteiger partial charge on any atom is -0.486 e. The summed E-state index contributed by atoms with van der Waals surface area (Å²) in [5, 5.41) is 13.8. The first-order chi connectivity index (χ1) is 12.4. The van der Waals surface area contributed by atoms with Crippen LogP contribution in [-0.4, -0.2) is 42.6 Å². The molecular formula is C17H21N3O5S. The summed E-state index contributed by atoms with van der Waals surface area (Å²) in [6.07, 6.45) is 4.19. The predicted octanol–water partition coefficient (Wildman–Crippen LogP) is 0.982. The average molecular weight is 379 g/mol. The number of aromatic nitrogens is 2. The molecule has 2 aliphatic rings. The van der Waals surface area contributed by atoms with Gasteiger partial charge in [-0.3, -0.25) is 4.68 Å². The second kappa shape index (κ2) is 6.57. The molecule has 0 amide bonds. The fourth-order valence-corrected chi connectivity index (χ4v) is 4.67. The molecule has 1 aromatic heterocycles. The van der Waals surface area contributed by atoms with Gasteiger partial charge in [-0.15, -0.1) is 0 Å². The molecule has 0 unspecified atom stereocenters. The Morgan fingerprint density at radius 3 is 2.65 bits per heavy atom. The first kappa shape index (κ1) is 17.3. The van der Waals surface area contributed by atoms with E-state index in [0.29, 0.717) is 37.6 Å². The molecule has 0 radical (unpaired) electrons. The van der Waals surface area contributed by atoms with E-state index in [9.17, 15) is 13.5 Å². The summed E-state index contributed by atoms with van der Waals surface area (Å²) in [5.74, 6) is 0.999. The van der Waals surface area contributed by atoms with Gasteiger partial charge in [0.05, 0.1) is 23.2 Å². The lowest BCUT2D eigenvalue weighted by molar-refractivity contribution is 0.0280. The number of aliphatic hydroxyl groups is 1. The van der Waals surface area contributed by atoms with Gasteiger partial charge in [-0.25, -0.2) is 13.1 Å². The second-order valence-electron chi connectivity index (χ2n) is 6.74. The Morgan fingerprint density at radius 1 is 1.27 bits per heavy atom. The van der Waals surface area contributed by atoms with Crippen molar-refractivity contribution in [3.63, 3.8) is 0 Å². The molecule has 0 saturated heterocycles. The Balaban J connectivity index is 1.61. The highest BCUT2D eigenvalue weighted by Gasteiger charge is 2.38. The molecule has 140 valence electrons. The zero-order chi connectivity index (χ0) is 18.3. The number of nitrogens with zero attached hydrogens (tertiary/aromatic N) is 2. The number of nitrogens with one attached hydrogen (secondary N) is 1. The van der Waals surface area contributed by atoms with Gasteiger partial charge in [-0.05, 0) is 30.9 Å². The van der Waals surface area contributed by atoms with Gasteiger partial charge in [0.1, 0.15) is 13.2 Å². The van der Waals surface area contributed by atoms with E-state index in [0.717, 1.165) is 5.56 Å². The van der Waals surface area contributed by atoms with Gasteiger partial charge in [0, 0.05) is 24.9 Å². The molecule has 1 aliphatic carbocycles. The quantitative estimate of drug-likeness (QED) is 0.803. The number of fused-ring (bicyclic) bond motifs is 1. The molecule has 2 heterocycles. The number of aryl methyl sites for hydroxylation is 1. The Kier molecular flexibility index (Phi) is 4.37. The van der Waals surface area contributed by atoms with Gasteiger partial charge in [0.25, 0.3) is 0 Å². The summed E-state index contributed by atoms with van der Waals surface area (Å²) in [6.45, 7) is 0.840. The fourth-order valence-electron chi connectivity index (χ4n) is 3.37. The smallest absolute Gasteiger partial charge is 0.241 e. The molecule has 1 fully saturated rings. The summed E-state index contributed by atoms with van der Waals surface area (Å²) >= 11 is 0. The summed E-state index contributed by atoms with van der Waals surface area (Å²) in [5.41, 5.74) is 0.783. The van der Waals surface area contributed by atoms with Crippen LogP contribution in [0.4, 0.5) is 0 Å². The predicted molar refractivity (Wildman–Crippen MR) is 92.4 cm³/mol. The van der Waals surface area contributed by atoms with Crippen molar-refractivity contribution in [2.75, 3.05) is 13.2 Å². The molecular weight excluding hydrogens is 358 g/mol.